The lowest BCUT2D eigenvalue weighted by atomic mass is 9.84. The Bertz CT molecular complexity index is 461. The number of rotatable bonds is 4. The lowest BCUT2D eigenvalue weighted by Crippen LogP contribution is -2.44. The zero-order valence-corrected chi connectivity index (χ0v) is 11.6. The third-order valence-electron chi connectivity index (χ3n) is 4.11. The maximum Gasteiger partial charge on any atom is 0.231 e. The molecule has 3 N–H and O–H groups in total. The van der Waals surface area contributed by atoms with E-state index in [0.29, 0.717) is 6.61 Å². The monoisotopic (exact) mass is 262 g/mol. The standard InChI is InChI=1S/C15H22N2O2/c1-15(9-5-8-13(15)16)14(18)17-12-7-4-3-6-11(12)10-19-2/h3-4,6-7,13H,5,8-10,16H2,1-2H3,(H,17,18). The molecule has 1 saturated carbocycles. The van der Waals surface area contributed by atoms with Crippen molar-refractivity contribution in [3.8, 4) is 0 Å². The molecule has 2 rings (SSSR count). The highest BCUT2D eigenvalue weighted by molar-refractivity contribution is 5.96. The van der Waals surface area contributed by atoms with Gasteiger partial charge < -0.3 is 15.8 Å². The van der Waals surface area contributed by atoms with E-state index in [1.807, 2.05) is 31.2 Å². The van der Waals surface area contributed by atoms with Gasteiger partial charge in [-0.2, -0.15) is 0 Å². The molecule has 1 aromatic carbocycles. The highest BCUT2D eigenvalue weighted by Gasteiger charge is 2.43. The third-order valence-corrected chi connectivity index (χ3v) is 4.11. The van der Waals surface area contributed by atoms with Gasteiger partial charge in [0.1, 0.15) is 0 Å². The first kappa shape index (κ1) is 14.0. The molecule has 1 aliphatic rings. The zero-order chi connectivity index (χ0) is 13.9. The summed E-state index contributed by atoms with van der Waals surface area (Å²) >= 11 is 0. The maximum absolute atomic E-state index is 12.5. The minimum Gasteiger partial charge on any atom is -0.380 e. The number of nitrogens with one attached hydrogen (secondary N) is 1. The Hall–Kier alpha value is -1.39. The maximum atomic E-state index is 12.5. The van der Waals surface area contributed by atoms with Gasteiger partial charge in [0.2, 0.25) is 5.91 Å². The molecule has 1 aromatic rings. The molecule has 0 radical (unpaired) electrons. The fraction of sp³-hybridized carbons (Fsp3) is 0.533. The van der Waals surface area contributed by atoms with Crippen molar-refractivity contribution in [3.05, 3.63) is 29.8 Å². The zero-order valence-electron chi connectivity index (χ0n) is 11.6. The van der Waals surface area contributed by atoms with E-state index in [4.69, 9.17) is 10.5 Å². The Morgan fingerprint density at radius 1 is 1.53 bits per heavy atom. The molecule has 104 valence electrons. The molecule has 0 aromatic heterocycles. The summed E-state index contributed by atoms with van der Waals surface area (Å²) in [5.74, 6) is 0.0149. The first-order chi connectivity index (χ1) is 9.08. The number of carbonyl (C=O) groups is 1. The normalized spacial score (nSPS) is 26.4. The summed E-state index contributed by atoms with van der Waals surface area (Å²) in [5, 5.41) is 3.01. The number of carbonyl (C=O) groups excluding carboxylic acids is 1. The van der Waals surface area contributed by atoms with Crippen LogP contribution < -0.4 is 11.1 Å². The van der Waals surface area contributed by atoms with Crippen LogP contribution in [0.15, 0.2) is 24.3 Å². The largest absolute Gasteiger partial charge is 0.380 e. The van der Waals surface area contributed by atoms with E-state index in [9.17, 15) is 4.79 Å². The fourth-order valence-corrected chi connectivity index (χ4v) is 2.66. The van der Waals surface area contributed by atoms with Gasteiger partial charge in [-0.3, -0.25) is 4.79 Å². The van der Waals surface area contributed by atoms with Crippen LogP contribution >= 0.6 is 0 Å². The van der Waals surface area contributed by atoms with Crippen LogP contribution in [0.25, 0.3) is 0 Å². The van der Waals surface area contributed by atoms with E-state index in [1.165, 1.54) is 0 Å². The van der Waals surface area contributed by atoms with Crippen molar-refractivity contribution < 1.29 is 9.53 Å². The minimum absolute atomic E-state index is 0.0149. The van der Waals surface area contributed by atoms with Crippen LogP contribution in [0.2, 0.25) is 0 Å². The Balaban J connectivity index is 2.15. The summed E-state index contributed by atoms with van der Waals surface area (Å²) in [4.78, 5) is 12.5. The van der Waals surface area contributed by atoms with Crippen molar-refractivity contribution >= 4 is 11.6 Å². The van der Waals surface area contributed by atoms with Gasteiger partial charge >= 0.3 is 0 Å². The molecule has 1 amide bonds. The predicted octanol–water partition coefficient (Wildman–Crippen LogP) is 2.29. The number of nitrogens with two attached hydrogens (primary N) is 1. The summed E-state index contributed by atoms with van der Waals surface area (Å²) in [6.07, 6.45) is 2.79. The van der Waals surface area contributed by atoms with Gasteiger partial charge in [0.05, 0.1) is 12.0 Å². The molecule has 4 nitrogen and oxygen atoms in total. The first-order valence-corrected chi connectivity index (χ1v) is 6.72. The SMILES string of the molecule is COCc1ccccc1NC(=O)C1(C)CCCC1N. The highest BCUT2D eigenvalue weighted by atomic mass is 16.5. The van der Waals surface area contributed by atoms with Crippen molar-refractivity contribution in [3.63, 3.8) is 0 Å². The van der Waals surface area contributed by atoms with E-state index >= 15 is 0 Å². The highest BCUT2D eigenvalue weighted by Crippen LogP contribution is 2.37. The van der Waals surface area contributed by atoms with Crippen molar-refractivity contribution in [2.45, 2.75) is 38.8 Å². The molecule has 0 bridgehead atoms. The summed E-state index contributed by atoms with van der Waals surface area (Å²) in [7, 11) is 1.65. The van der Waals surface area contributed by atoms with Crippen LogP contribution in [0, 0.1) is 5.41 Å². The predicted molar refractivity (Wildman–Crippen MR) is 75.7 cm³/mol. The summed E-state index contributed by atoms with van der Waals surface area (Å²) in [5.41, 5.74) is 7.42. The Kier molecular flexibility index (Phi) is 4.22. The molecular formula is C15H22N2O2. The number of para-hydroxylation sites is 1. The molecule has 2 unspecified atom stereocenters. The molecule has 0 aliphatic heterocycles. The second kappa shape index (κ2) is 5.72. The van der Waals surface area contributed by atoms with Crippen LogP contribution in [-0.4, -0.2) is 19.1 Å². The van der Waals surface area contributed by atoms with Gasteiger partial charge in [-0.05, 0) is 25.8 Å². The summed E-state index contributed by atoms with van der Waals surface area (Å²) < 4.78 is 5.15. The fourth-order valence-electron chi connectivity index (χ4n) is 2.66. The van der Waals surface area contributed by atoms with Gasteiger partial charge in [0.25, 0.3) is 0 Å². The lowest BCUT2D eigenvalue weighted by Gasteiger charge is -2.28. The van der Waals surface area contributed by atoms with Crippen molar-refractivity contribution in [2.24, 2.45) is 11.1 Å². The molecule has 19 heavy (non-hydrogen) atoms. The van der Waals surface area contributed by atoms with E-state index in [1.54, 1.807) is 7.11 Å². The number of ether oxygens (including phenoxy) is 1. The van der Waals surface area contributed by atoms with E-state index in [2.05, 4.69) is 5.32 Å². The third kappa shape index (κ3) is 2.80. The Morgan fingerprint density at radius 2 is 2.26 bits per heavy atom. The number of amides is 1. The van der Waals surface area contributed by atoms with Crippen molar-refractivity contribution in [1.82, 2.24) is 0 Å². The average molecular weight is 262 g/mol. The van der Waals surface area contributed by atoms with E-state index in [-0.39, 0.29) is 11.9 Å². The summed E-state index contributed by atoms with van der Waals surface area (Å²) in [6.45, 7) is 2.44. The average Bonchev–Trinajstić information content (AvgIpc) is 2.74. The second-order valence-corrected chi connectivity index (χ2v) is 5.46. The molecule has 1 aliphatic carbocycles. The van der Waals surface area contributed by atoms with Crippen LogP contribution in [0.3, 0.4) is 0 Å². The van der Waals surface area contributed by atoms with Gasteiger partial charge in [0, 0.05) is 24.4 Å². The number of anilines is 1. The van der Waals surface area contributed by atoms with Gasteiger partial charge in [-0.1, -0.05) is 24.6 Å². The van der Waals surface area contributed by atoms with Gasteiger partial charge in [-0.15, -0.1) is 0 Å². The van der Waals surface area contributed by atoms with Crippen molar-refractivity contribution in [2.75, 3.05) is 12.4 Å². The number of hydrogen-bond acceptors (Lipinski definition) is 3. The van der Waals surface area contributed by atoms with Gasteiger partial charge in [-0.25, -0.2) is 0 Å². The van der Waals surface area contributed by atoms with Crippen LogP contribution in [0.4, 0.5) is 5.69 Å². The van der Waals surface area contributed by atoms with E-state index < -0.39 is 5.41 Å². The molecular weight excluding hydrogens is 240 g/mol. The summed E-state index contributed by atoms with van der Waals surface area (Å²) in [6, 6.07) is 7.65. The van der Waals surface area contributed by atoms with Crippen LogP contribution in [-0.2, 0) is 16.1 Å². The second-order valence-electron chi connectivity index (χ2n) is 5.46. The first-order valence-electron chi connectivity index (χ1n) is 6.72. The van der Waals surface area contributed by atoms with Crippen LogP contribution in [0.5, 0.6) is 0 Å². The Labute approximate surface area is 114 Å². The number of methoxy groups -OCH3 is 1. The van der Waals surface area contributed by atoms with Gasteiger partial charge in [0.15, 0.2) is 0 Å². The molecule has 0 saturated heterocycles. The molecule has 1 fully saturated rings. The molecule has 0 heterocycles. The molecule has 2 atom stereocenters. The molecule has 0 spiro atoms. The lowest BCUT2D eigenvalue weighted by molar-refractivity contribution is -0.125. The smallest absolute Gasteiger partial charge is 0.231 e. The molecule has 4 heteroatoms. The van der Waals surface area contributed by atoms with Crippen molar-refractivity contribution in [1.29, 1.82) is 0 Å². The topological polar surface area (TPSA) is 64.3 Å². The van der Waals surface area contributed by atoms with E-state index in [0.717, 1.165) is 30.5 Å². The Morgan fingerprint density at radius 3 is 2.89 bits per heavy atom. The minimum atomic E-state index is -0.458. The number of hydrogen-bond donors (Lipinski definition) is 2. The quantitative estimate of drug-likeness (QED) is 0.875. The van der Waals surface area contributed by atoms with Crippen LogP contribution in [0.1, 0.15) is 31.7 Å². The number of benzene rings is 1.